The summed E-state index contributed by atoms with van der Waals surface area (Å²) in [6.07, 6.45) is 2.87. The molecule has 1 saturated heterocycles. The molecule has 4 nitrogen and oxygen atoms in total. The van der Waals surface area contributed by atoms with Crippen molar-refractivity contribution in [2.45, 2.75) is 38.8 Å². The molecule has 1 aliphatic heterocycles. The maximum absolute atomic E-state index is 10.8. The van der Waals surface area contributed by atoms with Crippen LogP contribution in [0.25, 0.3) is 0 Å². The molecule has 1 aromatic rings. The summed E-state index contributed by atoms with van der Waals surface area (Å²) in [5, 5.41) is 8.85. The molecule has 0 saturated carbocycles. The number of carbonyl (C=O) groups is 1. The summed E-state index contributed by atoms with van der Waals surface area (Å²) >= 11 is 0. The van der Waals surface area contributed by atoms with Crippen molar-refractivity contribution in [3.05, 3.63) is 24.2 Å². The van der Waals surface area contributed by atoms with E-state index in [1.165, 1.54) is 0 Å². The fourth-order valence-corrected chi connectivity index (χ4v) is 2.71. The Balaban J connectivity index is 2.00. The Morgan fingerprint density at radius 3 is 3.00 bits per heavy atom. The lowest BCUT2D eigenvalue weighted by atomic mass is 9.94. The van der Waals surface area contributed by atoms with Gasteiger partial charge in [-0.1, -0.05) is 0 Å². The molecule has 0 amide bonds. The highest BCUT2D eigenvalue weighted by molar-refractivity contribution is 5.67. The smallest absolute Gasteiger partial charge is 0.303 e. The largest absolute Gasteiger partial charge is 0.481 e. The minimum absolute atomic E-state index is 0.0485. The van der Waals surface area contributed by atoms with Gasteiger partial charge in [-0.15, -0.1) is 0 Å². The molecule has 1 aromatic heterocycles. The fourth-order valence-electron chi connectivity index (χ4n) is 2.71. The average molecular weight is 237 g/mol. The topological polar surface area (TPSA) is 53.7 Å². The zero-order chi connectivity index (χ0) is 12.5. The molecule has 1 N–H and O–H groups in total. The van der Waals surface area contributed by atoms with E-state index in [1.54, 1.807) is 6.26 Å². The van der Waals surface area contributed by atoms with Gasteiger partial charge in [0.2, 0.25) is 0 Å². The third-order valence-electron chi connectivity index (χ3n) is 3.51. The number of likely N-dealkylation sites (tertiary alicyclic amines) is 1. The summed E-state index contributed by atoms with van der Waals surface area (Å²) in [5.41, 5.74) is 0.0485. The van der Waals surface area contributed by atoms with Crippen LogP contribution in [0.4, 0.5) is 0 Å². The van der Waals surface area contributed by atoms with E-state index in [2.05, 4.69) is 18.7 Å². The minimum atomic E-state index is -0.703. The van der Waals surface area contributed by atoms with Crippen molar-refractivity contribution in [1.29, 1.82) is 0 Å². The first-order valence-corrected chi connectivity index (χ1v) is 5.96. The van der Waals surface area contributed by atoms with E-state index in [-0.39, 0.29) is 17.9 Å². The number of furan rings is 1. The van der Waals surface area contributed by atoms with Gasteiger partial charge in [-0.05, 0) is 38.3 Å². The molecule has 1 aliphatic rings. The minimum Gasteiger partial charge on any atom is -0.481 e. The molecular formula is C13H19NO3. The van der Waals surface area contributed by atoms with Crippen molar-refractivity contribution in [1.82, 2.24) is 4.90 Å². The molecule has 0 aliphatic carbocycles. The van der Waals surface area contributed by atoms with Crippen LogP contribution in [0.5, 0.6) is 0 Å². The predicted molar refractivity (Wildman–Crippen MR) is 63.6 cm³/mol. The summed E-state index contributed by atoms with van der Waals surface area (Å²) in [4.78, 5) is 13.1. The Morgan fingerprint density at radius 2 is 2.41 bits per heavy atom. The predicted octanol–water partition coefficient (Wildman–Crippen LogP) is 2.35. The summed E-state index contributed by atoms with van der Waals surface area (Å²) in [7, 11) is 0. The average Bonchev–Trinajstić information content (AvgIpc) is 2.75. The Morgan fingerprint density at radius 1 is 1.65 bits per heavy atom. The molecule has 0 radical (unpaired) electrons. The molecule has 0 bridgehead atoms. The first kappa shape index (κ1) is 12.2. The maximum Gasteiger partial charge on any atom is 0.303 e. The Bertz CT molecular complexity index is 383. The number of hydrogen-bond acceptors (Lipinski definition) is 3. The standard InChI is InChI=1S/C13H19NO3/c1-13(2)7-10(6-12(15)16)8-14(13)9-11-4-3-5-17-11/h3-5,10H,6-9H2,1-2H3,(H,15,16). The highest BCUT2D eigenvalue weighted by atomic mass is 16.4. The molecule has 2 rings (SSSR count). The highest BCUT2D eigenvalue weighted by Gasteiger charge is 2.39. The van der Waals surface area contributed by atoms with E-state index in [0.29, 0.717) is 0 Å². The quantitative estimate of drug-likeness (QED) is 0.873. The van der Waals surface area contributed by atoms with E-state index >= 15 is 0 Å². The van der Waals surface area contributed by atoms with Gasteiger partial charge in [0.15, 0.2) is 0 Å². The van der Waals surface area contributed by atoms with Crippen LogP contribution < -0.4 is 0 Å². The van der Waals surface area contributed by atoms with Gasteiger partial charge < -0.3 is 9.52 Å². The number of carboxylic acid groups (broad SMARTS) is 1. The lowest BCUT2D eigenvalue weighted by Gasteiger charge is -2.30. The van der Waals surface area contributed by atoms with Gasteiger partial charge in [0, 0.05) is 18.5 Å². The fraction of sp³-hybridized carbons (Fsp3) is 0.615. The Labute approximate surface area is 101 Å². The van der Waals surface area contributed by atoms with Crippen molar-refractivity contribution in [3.8, 4) is 0 Å². The van der Waals surface area contributed by atoms with Gasteiger partial charge in [-0.3, -0.25) is 9.69 Å². The number of nitrogens with zero attached hydrogens (tertiary/aromatic N) is 1. The van der Waals surface area contributed by atoms with E-state index in [9.17, 15) is 4.79 Å². The molecule has 2 heterocycles. The molecule has 1 fully saturated rings. The lowest BCUT2D eigenvalue weighted by Crippen LogP contribution is -2.37. The van der Waals surface area contributed by atoms with Crippen LogP contribution in [-0.2, 0) is 11.3 Å². The lowest BCUT2D eigenvalue weighted by molar-refractivity contribution is -0.138. The summed E-state index contributed by atoms with van der Waals surface area (Å²) in [6, 6.07) is 3.84. The zero-order valence-corrected chi connectivity index (χ0v) is 10.3. The van der Waals surface area contributed by atoms with Crippen LogP contribution >= 0.6 is 0 Å². The first-order chi connectivity index (χ1) is 7.97. The first-order valence-electron chi connectivity index (χ1n) is 5.96. The highest BCUT2D eigenvalue weighted by Crippen LogP contribution is 2.35. The number of carboxylic acids is 1. The second-order valence-electron chi connectivity index (χ2n) is 5.44. The second kappa shape index (κ2) is 4.53. The zero-order valence-electron chi connectivity index (χ0n) is 10.3. The van der Waals surface area contributed by atoms with Gasteiger partial charge in [-0.2, -0.15) is 0 Å². The molecule has 0 aromatic carbocycles. The summed E-state index contributed by atoms with van der Waals surface area (Å²) in [5.74, 6) is 0.483. The van der Waals surface area contributed by atoms with Crippen molar-refractivity contribution in [2.75, 3.05) is 6.54 Å². The van der Waals surface area contributed by atoms with Crippen LogP contribution in [-0.4, -0.2) is 28.1 Å². The molecule has 17 heavy (non-hydrogen) atoms. The SMILES string of the molecule is CC1(C)CC(CC(=O)O)CN1Cc1ccco1. The van der Waals surface area contributed by atoms with Gasteiger partial charge in [0.25, 0.3) is 0 Å². The molecule has 1 unspecified atom stereocenters. The summed E-state index contributed by atoms with van der Waals surface area (Å²) in [6.45, 7) is 5.92. The van der Waals surface area contributed by atoms with Crippen LogP contribution in [0, 0.1) is 5.92 Å². The van der Waals surface area contributed by atoms with Gasteiger partial charge >= 0.3 is 5.97 Å². The van der Waals surface area contributed by atoms with Crippen molar-refractivity contribution < 1.29 is 14.3 Å². The van der Waals surface area contributed by atoms with E-state index in [0.717, 1.165) is 25.3 Å². The maximum atomic E-state index is 10.8. The van der Waals surface area contributed by atoms with E-state index in [1.807, 2.05) is 12.1 Å². The van der Waals surface area contributed by atoms with Crippen LogP contribution in [0.15, 0.2) is 22.8 Å². The molecular weight excluding hydrogens is 218 g/mol. The third-order valence-corrected chi connectivity index (χ3v) is 3.51. The number of rotatable bonds is 4. The van der Waals surface area contributed by atoms with Crippen molar-refractivity contribution in [2.24, 2.45) is 5.92 Å². The molecule has 4 heteroatoms. The van der Waals surface area contributed by atoms with E-state index in [4.69, 9.17) is 9.52 Å². The van der Waals surface area contributed by atoms with Crippen LogP contribution in [0.1, 0.15) is 32.4 Å². The van der Waals surface area contributed by atoms with Crippen LogP contribution in [0.2, 0.25) is 0 Å². The van der Waals surface area contributed by atoms with Gasteiger partial charge in [0.1, 0.15) is 5.76 Å². The van der Waals surface area contributed by atoms with Crippen LogP contribution in [0.3, 0.4) is 0 Å². The van der Waals surface area contributed by atoms with E-state index < -0.39 is 5.97 Å². The molecule has 0 spiro atoms. The third kappa shape index (κ3) is 2.88. The number of aliphatic carboxylic acids is 1. The van der Waals surface area contributed by atoms with Gasteiger partial charge in [0.05, 0.1) is 12.8 Å². The van der Waals surface area contributed by atoms with Gasteiger partial charge in [-0.25, -0.2) is 0 Å². The van der Waals surface area contributed by atoms with Crippen molar-refractivity contribution in [3.63, 3.8) is 0 Å². The monoisotopic (exact) mass is 237 g/mol. The van der Waals surface area contributed by atoms with Crippen molar-refractivity contribution >= 4 is 5.97 Å². The Hall–Kier alpha value is -1.29. The summed E-state index contributed by atoms with van der Waals surface area (Å²) < 4.78 is 5.35. The number of hydrogen-bond donors (Lipinski definition) is 1. The molecule has 1 atom stereocenters. The second-order valence-corrected chi connectivity index (χ2v) is 5.44. The normalized spacial score (nSPS) is 24.0. The Kier molecular flexibility index (Phi) is 3.24. The molecule has 94 valence electrons.